The third kappa shape index (κ3) is 4.04. The SMILES string of the molecule is CC1CCC/C(=N\NS(=O)(=O)c2ccc(Br)cc2)C1. The molecule has 0 aromatic heterocycles. The van der Waals surface area contributed by atoms with Crippen molar-refractivity contribution < 1.29 is 8.42 Å². The maximum absolute atomic E-state index is 12.0. The van der Waals surface area contributed by atoms with E-state index in [4.69, 9.17) is 0 Å². The van der Waals surface area contributed by atoms with E-state index in [1.165, 1.54) is 6.42 Å². The van der Waals surface area contributed by atoms with Crippen molar-refractivity contribution in [2.24, 2.45) is 11.0 Å². The Morgan fingerprint density at radius 2 is 2.00 bits per heavy atom. The van der Waals surface area contributed by atoms with Gasteiger partial charge in [-0.1, -0.05) is 22.9 Å². The smallest absolute Gasteiger partial charge is 0.200 e. The summed E-state index contributed by atoms with van der Waals surface area (Å²) in [5.41, 5.74) is 0.944. The first-order valence-electron chi connectivity index (χ1n) is 6.30. The van der Waals surface area contributed by atoms with Crippen molar-refractivity contribution >= 4 is 31.7 Å². The number of nitrogens with one attached hydrogen (secondary N) is 1. The van der Waals surface area contributed by atoms with Crippen LogP contribution < -0.4 is 4.83 Å². The second-order valence-electron chi connectivity index (χ2n) is 4.93. The van der Waals surface area contributed by atoms with Gasteiger partial charge in [0.1, 0.15) is 0 Å². The van der Waals surface area contributed by atoms with E-state index in [-0.39, 0.29) is 4.90 Å². The monoisotopic (exact) mass is 344 g/mol. The molecular formula is C13H17BrN2O2S. The van der Waals surface area contributed by atoms with Crippen LogP contribution in [0.3, 0.4) is 0 Å². The van der Waals surface area contributed by atoms with Crippen molar-refractivity contribution in [3.8, 4) is 0 Å². The minimum Gasteiger partial charge on any atom is -0.200 e. The Labute approximate surface area is 122 Å². The van der Waals surface area contributed by atoms with Crippen LogP contribution in [0.15, 0.2) is 38.7 Å². The molecule has 0 bridgehead atoms. The lowest BCUT2D eigenvalue weighted by Crippen LogP contribution is -2.22. The highest BCUT2D eigenvalue weighted by Gasteiger charge is 2.16. The van der Waals surface area contributed by atoms with E-state index in [9.17, 15) is 8.42 Å². The van der Waals surface area contributed by atoms with Crippen molar-refractivity contribution in [2.75, 3.05) is 0 Å². The minimum atomic E-state index is -3.55. The van der Waals surface area contributed by atoms with Gasteiger partial charge in [-0.2, -0.15) is 13.5 Å². The van der Waals surface area contributed by atoms with Crippen LogP contribution in [0.1, 0.15) is 32.6 Å². The van der Waals surface area contributed by atoms with E-state index in [0.29, 0.717) is 5.92 Å². The topological polar surface area (TPSA) is 58.5 Å². The molecule has 0 spiro atoms. The van der Waals surface area contributed by atoms with Crippen LogP contribution >= 0.6 is 15.9 Å². The van der Waals surface area contributed by atoms with E-state index in [2.05, 4.69) is 32.8 Å². The van der Waals surface area contributed by atoms with Gasteiger partial charge in [0.05, 0.1) is 4.90 Å². The lowest BCUT2D eigenvalue weighted by molar-refractivity contribution is 0.498. The molecule has 1 N–H and O–H groups in total. The normalized spacial score (nSPS) is 22.4. The summed E-state index contributed by atoms with van der Waals surface area (Å²) in [4.78, 5) is 2.56. The second kappa shape index (κ2) is 6.05. The predicted molar refractivity (Wildman–Crippen MR) is 79.5 cm³/mol. The van der Waals surface area contributed by atoms with E-state index in [1.807, 2.05) is 0 Å². The molecule has 0 amide bonds. The van der Waals surface area contributed by atoms with Crippen molar-refractivity contribution in [2.45, 2.75) is 37.5 Å². The lowest BCUT2D eigenvalue weighted by atomic mass is 9.89. The number of benzene rings is 1. The van der Waals surface area contributed by atoms with Gasteiger partial charge in [-0.3, -0.25) is 0 Å². The molecule has 0 saturated heterocycles. The molecule has 6 heteroatoms. The van der Waals surface area contributed by atoms with Crippen LogP contribution in [0.25, 0.3) is 0 Å². The van der Waals surface area contributed by atoms with Crippen LogP contribution in [0.5, 0.6) is 0 Å². The summed E-state index contributed by atoms with van der Waals surface area (Å²) >= 11 is 3.28. The zero-order valence-electron chi connectivity index (χ0n) is 10.8. The van der Waals surface area contributed by atoms with E-state index in [1.54, 1.807) is 24.3 Å². The Morgan fingerprint density at radius 1 is 1.32 bits per heavy atom. The fourth-order valence-corrected chi connectivity index (χ4v) is 3.27. The highest BCUT2D eigenvalue weighted by atomic mass is 79.9. The van der Waals surface area contributed by atoms with Crippen LogP contribution in [0.4, 0.5) is 0 Å². The van der Waals surface area contributed by atoms with Gasteiger partial charge in [0.25, 0.3) is 10.0 Å². The molecule has 1 aromatic rings. The molecule has 1 aliphatic rings. The number of sulfonamides is 1. The largest absolute Gasteiger partial charge is 0.276 e. The fraction of sp³-hybridized carbons (Fsp3) is 0.462. The average molecular weight is 345 g/mol. The van der Waals surface area contributed by atoms with Crippen molar-refractivity contribution in [1.82, 2.24) is 4.83 Å². The number of hydrogen-bond donors (Lipinski definition) is 1. The summed E-state index contributed by atoms with van der Waals surface area (Å²) in [6.07, 6.45) is 4.04. The molecule has 0 heterocycles. The summed E-state index contributed by atoms with van der Waals surface area (Å²) < 4.78 is 24.9. The minimum absolute atomic E-state index is 0.226. The second-order valence-corrected chi connectivity index (χ2v) is 7.50. The van der Waals surface area contributed by atoms with Gasteiger partial charge in [0, 0.05) is 10.2 Å². The van der Waals surface area contributed by atoms with Crippen LogP contribution in [-0.4, -0.2) is 14.1 Å². The number of hydrazone groups is 1. The summed E-state index contributed by atoms with van der Waals surface area (Å²) in [5, 5.41) is 4.07. The van der Waals surface area contributed by atoms with E-state index in [0.717, 1.165) is 29.4 Å². The Kier molecular flexibility index (Phi) is 4.62. The van der Waals surface area contributed by atoms with Gasteiger partial charge in [0.15, 0.2) is 0 Å². The summed E-state index contributed by atoms with van der Waals surface area (Å²) in [6.45, 7) is 2.16. The van der Waals surface area contributed by atoms with Crippen molar-refractivity contribution in [3.63, 3.8) is 0 Å². The number of hydrogen-bond acceptors (Lipinski definition) is 3. The molecular weight excluding hydrogens is 328 g/mol. The number of halogens is 1. The zero-order chi connectivity index (χ0) is 13.9. The summed E-state index contributed by atoms with van der Waals surface area (Å²) in [5.74, 6) is 0.588. The number of nitrogens with zero attached hydrogens (tertiary/aromatic N) is 1. The molecule has 104 valence electrons. The Morgan fingerprint density at radius 3 is 2.63 bits per heavy atom. The average Bonchev–Trinajstić information content (AvgIpc) is 2.37. The molecule has 1 aliphatic carbocycles. The molecule has 1 atom stereocenters. The van der Waals surface area contributed by atoms with E-state index >= 15 is 0 Å². The first-order valence-corrected chi connectivity index (χ1v) is 8.58. The van der Waals surface area contributed by atoms with Gasteiger partial charge < -0.3 is 0 Å². The van der Waals surface area contributed by atoms with Crippen LogP contribution in [0.2, 0.25) is 0 Å². The Bertz CT molecular complexity index is 567. The molecule has 1 unspecified atom stereocenters. The van der Waals surface area contributed by atoms with Gasteiger partial charge in [-0.15, -0.1) is 0 Å². The molecule has 2 rings (SSSR count). The number of rotatable bonds is 3. The maximum Gasteiger partial charge on any atom is 0.276 e. The van der Waals surface area contributed by atoms with Crippen LogP contribution in [-0.2, 0) is 10.0 Å². The zero-order valence-corrected chi connectivity index (χ0v) is 13.2. The third-order valence-corrected chi connectivity index (χ3v) is 4.95. The van der Waals surface area contributed by atoms with Gasteiger partial charge >= 0.3 is 0 Å². The van der Waals surface area contributed by atoms with Crippen molar-refractivity contribution in [1.29, 1.82) is 0 Å². The summed E-state index contributed by atoms with van der Waals surface area (Å²) in [7, 11) is -3.55. The highest BCUT2D eigenvalue weighted by molar-refractivity contribution is 9.10. The van der Waals surface area contributed by atoms with E-state index < -0.39 is 10.0 Å². The standard InChI is InChI=1S/C13H17BrN2O2S/c1-10-3-2-4-12(9-10)15-16-19(17,18)13-7-5-11(14)6-8-13/h5-8,10,16H,2-4,9H2,1H3/b15-12+. The molecule has 1 fully saturated rings. The molecule has 0 radical (unpaired) electrons. The van der Waals surface area contributed by atoms with Crippen molar-refractivity contribution in [3.05, 3.63) is 28.7 Å². The molecule has 1 aromatic carbocycles. The Balaban J connectivity index is 2.09. The van der Waals surface area contributed by atoms with Gasteiger partial charge in [-0.25, -0.2) is 4.83 Å². The fourth-order valence-electron chi connectivity index (χ4n) is 2.15. The van der Waals surface area contributed by atoms with Gasteiger partial charge in [0.2, 0.25) is 0 Å². The highest BCUT2D eigenvalue weighted by Crippen LogP contribution is 2.21. The molecule has 1 saturated carbocycles. The van der Waals surface area contributed by atoms with Gasteiger partial charge in [-0.05, 0) is 55.9 Å². The molecule has 4 nitrogen and oxygen atoms in total. The first-order chi connectivity index (χ1) is 8.97. The lowest BCUT2D eigenvalue weighted by Gasteiger charge is -2.19. The third-order valence-electron chi connectivity index (χ3n) is 3.19. The molecule has 0 aliphatic heterocycles. The quantitative estimate of drug-likeness (QED) is 0.855. The Hall–Kier alpha value is -0.880. The first kappa shape index (κ1) is 14.5. The predicted octanol–water partition coefficient (Wildman–Crippen LogP) is 3.29. The molecule has 19 heavy (non-hydrogen) atoms. The summed E-state index contributed by atoms with van der Waals surface area (Å²) in [6, 6.07) is 6.50. The van der Waals surface area contributed by atoms with Crippen LogP contribution in [0, 0.1) is 5.92 Å². The maximum atomic E-state index is 12.0.